The minimum Gasteiger partial charge on any atom is -0.318 e. The summed E-state index contributed by atoms with van der Waals surface area (Å²) >= 11 is 0. The van der Waals surface area contributed by atoms with Crippen LogP contribution in [0.5, 0.6) is 0 Å². The molecule has 0 aliphatic carbocycles. The van der Waals surface area contributed by atoms with E-state index in [1.54, 1.807) is 8.61 Å². The summed E-state index contributed by atoms with van der Waals surface area (Å²) in [5.74, 6) is 0.482. The quantitative estimate of drug-likeness (QED) is 0.841. The highest BCUT2D eigenvalue weighted by Crippen LogP contribution is 2.26. The summed E-state index contributed by atoms with van der Waals surface area (Å²) in [7, 11) is -1.37. The third-order valence-electron chi connectivity index (χ3n) is 4.26. The summed E-state index contributed by atoms with van der Waals surface area (Å²) in [5, 5.41) is 3.13. The van der Waals surface area contributed by atoms with Crippen molar-refractivity contribution in [3.63, 3.8) is 0 Å². The molecule has 2 aliphatic heterocycles. The first-order valence-corrected chi connectivity index (χ1v) is 8.87. The van der Waals surface area contributed by atoms with Gasteiger partial charge in [0.05, 0.1) is 0 Å². The highest BCUT2D eigenvalue weighted by Gasteiger charge is 2.37. The van der Waals surface area contributed by atoms with Crippen LogP contribution in [0.15, 0.2) is 0 Å². The fraction of sp³-hybridized carbons (Fsp3) is 1.00. The van der Waals surface area contributed by atoms with Crippen molar-refractivity contribution in [2.24, 2.45) is 5.92 Å². The number of piperidine rings is 2. The molecule has 5 nitrogen and oxygen atoms in total. The molecule has 0 radical (unpaired) electrons. The van der Waals surface area contributed by atoms with E-state index < -0.39 is 10.2 Å². The molecule has 2 fully saturated rings. The maximum absolute atomic E-state index is 12.8. The molecule has 2 rings (SSSR count). The zero-order chi connectivity index (χ0) is 13.9. The largest absolute Gasteiger partial charge is 0.318 e. The predicted molar refractivity (Wildman–Crippen MR) is 77.2 cm³/mol. The van der Waals surface area contributed by atoms with Crippen molar-refractivity contribution in [3.8, 4) is 0 Å². The van der Waals surface area contributed by atoms with Gasteiger partial charge in [0.25, 0.3) is 10.2 Å². The van der Waals surface area contributed by atoms with Gasteiger partial charge in [-0.25, -0.2) is 0 Å². The van der Waals surface area contributed by atoms with E-state index in [9.17, 15) is 8.42 Å². The van der Waals surface area contributed by atoms with Crippen molar-refractivity contribution in [2.45, 2.75) is 45.1 Å². The smallest absolute Gasteiger partial charge is 0.282 e. The molecule has 0 aromatic carbocycles. The second kappa shape index (κ2) is 6.52. The monoisotopic (exact) mass is 289 g/mol. The Morgan fingerprint density at radius 1 is 1.16 bits per heavy atom. The summed E-state index contributed by atoms with van der Waals surface area (Å²) in [6.07, 6.45) is 5.23. The second-order valence-electron chi connectivity index (χ2n) is 5.93. The number of hydrogen-bond donors (Lipinski definition) is 1. The van der Waals surface area contributed by atoms with Crippen LogP contribution in [-0.2, 0) is 10.2 Å². The highest BCUT2D eigenvalue weighted by atomic mass is 32.2. The van der Waals surface area contributed by atoms with Crippen LogP contribution in [0.1, 0.15) is 39.0 Å². The zero-order valence-corrected chi connectivity index (χ0v) is 13.0. The van der Waals surface area contributed by atoms with Crippen molar-refractivity contribution in [1.29, 1.82) is 0 Å². The highest BCUT2D eigenvalue weighted by molar-refractivity contribution is 7.86. The van der Waals surface area contributed by atoms with E-state index in [0.29, 0.717) is 25.6 Å². The van der Waals surface area contributed by atoms with Gasteiger partial charge in [0.1, 0.15) is 0 Å². The summed E-state index contributed by atoms with van der Waals surface area (Å²) in [5.41, 5.74) is 0. The van der Waals surface area contributed by atoms with Gasteiger partial charge in [0.15, 0.2) is 0 Å². The van der Waals surface area contributed by atoms with Gasteiger partial charge in [-0.15, -0.1) is 0 Å². The fourth-order valence-electron chi connectivity index (χ4n) is 3.22. The first-order valence-electron chi connectivity index (χ1n) is 7.47. The van der Waals surface area contributed by atoms with Crippen molar-refractivity contribution < 1.29 is 8.42 Å². The molecule has 1 N–H and O–H groups in total. The first kappa shape index (κ1) is 15.2. The Labute approximate surface area is 117 Å². The van der Waals surface area contributed by atoms with E-state index in [2.05, 4.69) is 12.2 Å². The second-order valence-corrected chi connectivity index (χ2v) is 7.81. The molecule has 2 atom stereocenters. The molecule has 0 spiro atoms. The molecule has 0 saturated carbocycles. The van der Waals surface area contributed by atoms with E-state index >= 15 is 0 Å². The molecule has 2 aliphatic rings. The van der Waals surface area contributed by atoms with E-state index in [1.807, 2.05) is 7.05 Å². The van der Waals surface area contributed by atoms with Crippen LogP contribution < -0.4 is 5.32 Å². The Bertz CT molecular complexity index is 383. The number of nitrogens with one attached hydrogen (secondary N) is 1. The summed E-state index contributed by atoms with van der Waals surface area (Å²) in [6, 6.07) is 0.126. The number of rotatable bonds is 4. The van der Waals surface area contributed by atoms with Crippen LogP contribution in [-0.4, -0.2) is 56.3 Å². The molecule has 19 heavy (non-hydrogen) atoms. The molecule has 112 valence electrons. The van der Waals surface area contributed by atoms with Gasteiger partial charge >= 0.3 is 0 Å². The summed E-state index contributed by atoms with van der Waals surface area (Å²) in [4.78, 5) is 0. The molecular weight excluding hydrogens is 262 g/mol. The van der Waals surface area contributed by atoms with E-state index in [1.165, 1.54) is 0 Å². The Balaban J connectivity index is 2.11. The topological polar surface area (TPSA) is 52.7 Å². The molecule has 0 aromatic rings. The minimum atomic E-state index is -3.26. The maximum Gasteiger partial charge on any atom is 0.282 e. The predicted octanol–water partition coefficient (Wildman–Crippen LogP) is 1.04. The molecule has 0 aromatic heterocycles. The SMILES string of the molecule is CNCC1CCCCN1S(=O)(=O)N1CCCC(C)C1. The van der Waals surface area contributed by atoms with Gasteiger partial charge in [-0.1, -0.05) is 13.3 Å². The third-order valence-corrected chi connectivity index (χ3v) is 6.31. The Morgan fingerprint density at radius 2 is 1.95 bits per heavy atom. The summed E-state index contributed by atoms with van der Waals surface area (Å²) in [6.45, 7) is 4.95. The molecule has 2 heterocycles. The van der Waals surface area contributed by atoms with Gasteiger partial charge in [-0.05, 0) is 38.6 Å². The average molecular weight is 289 g/mol. The Morgan fingerprint density at radius 3 is 2.63 bits per heavy atom. The lowest BCUT2D eigenvalue weighted by Gasteiger charge is -2.40. The van der Waals surface area contributed by atoms with Gasteiger partial charge in [-0.3, -0.25) is 0 Å². The first-order chi connectivity index (χ1) is 9.05. The molecule has 0 bridgehead atoms. The van der Waals surface area contributed by atoms with Crippen LogP contribution in [0.2, 0.25) is 0 Å². The van der Waals surface area contributed by atoms with E-state index in [-0.39, 0.29) is 6.04 Å². The lowest BCUT2D eigenvalue weighted by atomic mass is 10.0. The maximum atomic E-state index is 12.8. The molecular formula is C13H27N3O2S. The van der Waals surface area contributed by atoms with Crippen LogP contribution in [0.4, 0.5) is 0 Å². The number of nitrogens with zero attached hydrogens (tertiary/aromatic N) is 2. The van der Waals surface area contributed by atoms with Crippen LogP contribution in [0.25, 0.3) is 0 Å². The molecule has 2 unspecified atom stereocenters. The van der Waals surface area contributed by atoms with Crippen LogP contribution >= 0.6 is 0 Å². The van der Waals surface area contributed by atoms with Gasteiger partial charge < -0.3 is 5.32 Å². The standard InChI is InChI=1S/C13H27N3O2S/c1-12-6-5-8-15(11-12)19(17,18)16-9-4-3-7-13(16)10-14-2/h12-14H,3-11H2,1-2H3. The minimum absolute atomic E-state index is 0.126. The number of hydrogen-bond acceptors (Lipinski definition) is 3. The summed E-state index contributed by atoms with van der Waals surface area (Å²) < 4.78 is 29.0. The van der Waals surface area contributed by atoms with Gasteiger partial charge in [-0.2, -0.15) is 17.0 Å². The lowest BCUT2D eigenvalue weighted by Crippen LogP contribution is -2.54. The van der Waals surface area contributed by atoms with Crippen molar-refractivity contribution in [2.75, 3.05) is 33.2 Å². The van der Waals surface area contributed by atoms with E-state index in [4.69, 9.17) is 0 Å². The van der Waals surface area contributed by atoms with E-state index in [0.717, 1.165) is 38.6 Å². The number of likely N-dealkylation sites (N-methyl/N-ethyl adjacent to an activating group) is 1. The average Bonchev–Trinajstić information content (AvgIpc) is 2.39. The molecule has 6 heteroatoms. The zero-order valence-electron chi connectivity index (χ0n) is 12.1. The van der Waals surface area contributed by atoms with Crippen LogP contribution in [0.3, 0.4) is 0 Å². The van der Waals surface area contributed by atoms with Gasteiger partial charge in [0, 0.05) is 32.2 Å². The van der Waals surface area contributed by atoms with Crippen molar-refractivity contribution >= 4 is 10.2 Å². The lowest BCUT2D eigenvalue weighted by molar-refractivity contribution is 0.209. The van der Waals surface area contributed by atoms with Crippen molar-refractivity contribution in [1.82, 2.24) is 13.9 Å². The van der Waals surface area contributed by atoms with Crippen molar-refractivity contribution in [3.05, 3.63) is 0 Å². The van der Waals surface area contributed by atoms with Crippen LogP contribution in [0, 0.1) is 5.92 Å². The molecule has 2 saturated heterocycles. The molecule has 0 amide bonds. The normalized spacial score (nSPS) is 31.5. The fourth-order valence-corrected chi connectivity index (χ4v) is 5.24. The Kier molecular flexibility index (Phi) is 5.22. The Hall–Kier alpha value is -0.170. The van der Waals surface area contributed by atoms with Gasteiger partial charge in [0.2, 0.25) is 0 Å². The third kappa shape index (κ3) is 3.48.